The van der Waals surface area contributed by atoms with E-state index >= 15 is 0 Å². The molecule has 0 heterocycles. The average molecular weight is 299 g/mol. The molecule has 0 aliphatic rings. The van der Waals surface area contributed by atoms with Crippen LogP contribution in [0, 0.1) is 5.92 Å². The fourth-order valence-corrected chi connectivity index (χ4v) is 2.62. The molecular weight excluding hydrogens is 276 g/mol. The molecule has 2 nitrogen and oxygen atoms in total. The Morgan fingerprint density at radius 1 is 1.32 bits per heavy atom. The second-order valence-electron chi connectivity index (χ2n) is 5.40. The smallest absolute Gasteiger partial charge is 0.107 e. The molecule has 106 valence electrons. The zero-order valence-electron chi connectivity index (χ0n) is 11.9. The van der Waals surface area contributed by atoms with Crippen LogP contribution in [0.5, 0.6) is 0 Å². The Morgan fingerprint density at radius 2 is 2.00 bits per heavy atom. The molecular formula is C15H23ClN2S. The van der Waals surface area contributed by atoms with E-state index in [-0.39, 0.29) is 0 Å². The zero-order chi connectivity index (χ0) is 14.4. The van der Waals surface area contributed by atoms with Crippen molar-refractivity contribution in [1.29, 1.82) is 0 Å². The van der Waals surface area contributed by atoms with E-state index in [1.54, 1.807) is 0 Å². The summed E-state index contributed by atoms with van der Waals surface area (Å²) in [6, 6.07) is 6.07. The summed E-state index contributed by atoms with van der Waals surface area (Å²) in [7, 11) is 0. The zero-order valence-corrected chi connectivity index (χ0v) is 13.4. The molecule has 0 fully saturated rings. The van der Waals surface area contributed by atoms with Crippen LogP contribution in [0.4, 0.5) is 5.69 Å². The Bertz CT molecular complexity index is 432. The molecule has 0 aromatic heterocycles. The van der Waals surface area contributed by atoms with Crippen molar-refractivity contribution in [2.24, 2.45) is 11.7 Å². The normalized spacial score (nSPS) is 12.5. The molecule has 19 heavy (non-hydrogen) atoms. The topological polar surface area (TPSA) is 38.0 Å². The van der Waals surface area contributed by atoms with E-state index in [1.165, 1.54) is 12.8 Å². The Hall–Kier alpha value is -0.800. The van der Waals surface area contributed by atoms with Gasteiger partial charge in [0.2, 0.25) is 0 Å². The SMILES string of the molecule is CC(C)CCCC(C)Nc1cccc(Cl)c1C(N)=S. The maximum Gasteiger partial charge on any atom is 0.107 e. The van der Waals surface area contributed by atoms with E-state index in [0.29, 0.717) is 16.1 Å². The molecule has 1 aromatic rings. The van der Waals surface area contributed by atoms with Gasteiger partial charge in [-0.05, 0) is 31.4 Å². The van der Waals surface area contributed by atoms with Gasteiger partial charge in [0.05, 0.1) is 10.6 Å². The Balaban J connectivity index is 2.66. The lowest BCUT2D eigenvalue weighted by molar-refractivity contribution is 0.520. The molecule has 0 saturated carbocycles. The lowest BCUT2D eigenvalue weighted by atomic mass is 10.0. The number of halogens is 1. The second-order valence-corrected chi connectivity index (χ2v) is 6.24. The summed E-state index contributed by atoms with van der Waals surface area (Å²) in [5, 5.41) is 4.06. The molecule has 0 aliphatic heterocycles. The number of anilines is 1. The van der Waals surface area contributed by atoms with Crippen molar-refractivity contribution < 1.29 is 0 Å². The van der Waals surface area contributed by atoms with Crippen LogP contribution in [-0.2, 0) is 0 Å². The van der Waals surface area contributed by atoms with Gasteiger partial charge in [0.1, 0.15) is 4.99 Å². The van der Waals surface area contributed by atoms with Crippen LogP contribution < -0.4 is 11.1 Å². The monoisotopic (exact) mass is 298 g/mol. The van der Waals surface area contributed by atoms with Gasteiger partial charge in [0, 0.05) is 11.7 Å². The first-order valence-electron chi connectivity index (χ1n) is 6.76. The van der Waals surface area contributed by atoms with Gasteiger partial charge in [-0.25, -0.2) is 0 Å². The molecule has 1 rings (SSSR count). The van der Waals surface area contributed by atoms with Gasteiger partial charge in [-0.3, -0.25) is 0 Å². The van der Waals surface area contributed by atoms with Crippen molar-refractivity contribution in [3.8, 4) is 0 Å². The number of hydrogen-bond donors (Lipinski definition) is 2. The van der Waals surface area contributed by atoms with E-state index in [4.69, 9.17) is 29.6 Å². The summed E-state index contributed by atoms with van der Waals surface area (Å²) in [6.07, 6.45) is 3.60. The van der Waals surface area contributed by atoms with Gasteiger partial charge < -0.3 is 11.1 Å². The fourth-order valence-electron chi connectivity index (χ4n) is 2.06. The maximum atomic E-state index is 6.15. The van der Waals surface area contributed by atoms with Crippen LogP contribution in [0.25, 0.3) is 0 Å². The summed E-state index contributed by atoms with van der Waals surface area (Å²) in [4.78, 5) is 0.336. The lowest BCUT2D eigenvalue weighted by Gasteiger charge is -2.19. The minimum absolute atomic E-state index is 0.336. The first kappa shape index (κ1) is 16.3. The van der Waals surface area contributed by atoms with Crippen molar-refractivity contribution >= 4 is 34.5 Å². The molecule has 0 spiro atoms. The van der Waals surface area contributed by atoms with Crippen molar-refractivity contribution in [2.75, 3.05) is 5.32 Å². The third-order valence-electron chi connectivity index (χ3n) is 3.08. The largest absolute Gasteiger partial charge is 0.389 e. The molecule has 4 heteroatoms. The second kappa shape index (κ2) is 7.71. The molecule has 0 amide bonds. The Morgan fingerprint density at radius 3 is 2.58 bits per heavy atom. The maximum absolute atomic E-state index is 6.15. The molecule has 0 saturated heterocycles. The van der Waals surface area contributed by atoms with Crippen LogP contribution in [-0.4, -0.2) is 11.0 Å². The van der Waals surface area contributed by atoms with Crippen molar-refractivity contribution in [3.63, 3.8) is 0 Å². The highest BCUT2D eigenvalue weighted by molar-refractivity contribution is 7.80. The van der Waals surface area contributed by atoms with Gasteiger partial charge >= 0.3 is 0 Å². The Labute approximate surface area is 126 Å². The number of rotatable bonds is 7. The van der Waals surface area contributed by atoms with E-state index in [1.807, 2.05) is 18.2 Å². The highest BCUT2D eigenvalue weighted by Gasteiger charge is 2.11. The third kappa shape index (κ3) is 5.37. The molecule has 0 bridgehead atoms. The quantitative estimate of drug-likeness (QED) is 0.722. The third-order valence-corrected chi connectivity index (χ3v) is 3.60. The first-order valence-corrected chi connectivity index (χ1v) is 7.55. The predicted molar refractivity (Wildman–Crippen MR) is 89.1 cm³/mol. The average Bonchev–Trinajstić information content (AvgIpc) is 2.27. The van der Waals surface area contributed by atoms with Crippen LogP contribution in [0.1, 0.15) is 45.6 Å². The highest BCUT2D eigenvalue weighted by atomic mass is 35.5. The van der Waals surface area contributed by atoms with E-state index in [2.05, 4.69) is 26.1 Å². The van der Waals surface area contributed by atoms with Crippen LogP contribution in [0.2, 0.25) is 5.02 Å². The summed E-state index contributed by atoms with van der Waals surface area (Å²) in [6.45, 7) is 6.67. The number of nitrogens with one attached hydrogen (secondary N) is 1. The standard InChI is InChI=1S/C15H23ClN2S/c1-10(2)6-4-7-11(3)18-13-9-5-8-12(16)14(13)15(17)19/h5,8-11,18H,4,6-7H2,1-3H3,(H2,17,19). The van der Waals surface area contributed by atoms with Gasteiger partial charge in [0.15, 0.2) is 0 Å². The molecule has 0 aliphatic carbocycles. The number of thiocarbonyl (C=S) groups is 1. The van der Waals surface area contributed by atoms with Gasteiger partial charge in [0.25, 0.3) is 0 Å². The van der Waals surface area contributed by atoms with Crippen LogP contribution >= 0.6 is 23.8 Å². The van der Waals surface area contributed by atoms with Gasteiger partial charge in [-0.15, -0.1) is 0 Å². The van der Waals surface area contributed by atoms with Crippen molar-refractivity contribution in [3.05, 3.63) is 28.8 Å². The minimum Gasteiger partial charge on any atom is -0.389 e. The van der Waals surface area contributed by atoms with E-state index in [0.717, 1.165) is 23.6 Å². The van der Waals surface area contributed by atoms with Crippen LogP contribution in [0.15, 0.2) is 18.2 Å². The highest BCUT2D eigenvalue weighted by Crippen LogP contribution is 2.25. The first-order chi connectivity index (χ1) is 8.91. The number of benzene rings is 1. The van der Waals surface area contributed by atoms with Gasteiger partial charge in [-0.2, -0.15) is 0 Å². The van der Waals surface area contributed by atoms with Crippen LogP contribution in [0.3, 0.4) is 0 Å². The number of nitrogens with two attached hydrogens (primary N) is 1. The fraction of sp³-hybridized carbons (Fsp3) is 0.533. The molecule has 1 unspecified atom stereocenters. The minimum atomic E-state index is 0.336. The van der Waals surface area contributed by atoms with Gasteiger partial charge in [-0.1, -0.05) is 56.6 Å². The van der Waals surface area contributed by atoms with Crippen molar-refractivity contribution in [2.45, 2.75) is 46.1 Å². The lowest BCUT2D eigenvalue weighted by Crippen LogP contribution is -2.19. The Kier molecular flexibility index (Phi) is 6.59. The molecule has 1 aromatic carbocycles. The molecule has 3 N–H and O–H groups in total. The summed E-state index contributed by atoms with van der Waals surface area (Å²) in [5.41, 5.74) is 7.41. The number of hydrogen-bond acceptors (Lipinski definition) is 2. The summed E-state index contributed by atoms with van der Waals surface area (Å²) in [5.74, 6) is 0.755. The molecule has 1 atom stereocenters. The van der Waals surface area contributed by atoms with Crippen molar-refractivity contribution in [1.82, 2.24) is 0 Å². The van der Waals surface area contributed by atoms with E-state index in [9.17, 15) is 0 Å². The molecule has 0 radical (unpaired) electrons. The van der Waals surface area contributed by atoms with E-state index < -0.39 is 0 Å². The summed E-state index contributed by atoms with van der Waals surface area (Å²) >= 11 is 11.2. The summed E-state index contributed by atoms with van der Waals surface area (Å²) < 4.78 is 0. The predicted octanol–water partition coefficient (Wildman–Crippen LogP) is 4.60.